The van der Waals surface area contributed by atoms with E-state index in [9.17, 15) is 9.59 Å². The van der Waals surface area contributed by atoms with Crippen LogP contribution in [0.25, 0.3) is 0 Å². The van der Waals surface area contributed by atoms with Gasteiger partial charge in [-0.25, -0.2) is 5.06 Å². The number of carbonyl (C=O) groups excluding carboxylic acids is 2. The van der Waals surface area contributed by atoms with Crippen LogP contribution in [0, 0.1) is 17.8 Å². The molecular formula is C18H23NO5. The molecule has 2 aliphatic rings. The minimum atomic E-state index is -0.326. The van der Waals surface area contributed by atoms with Crippen LogP contribution in [0.5, 0.6) is 5.75 Å². The lowest BCUT2D eigenvalue weighted by Crippen LogP contribution is -2.38. The summed E-state index contributed by atoms with van der Waals surface area (Å²) in [5.41, 5.74) is 0.979. The minimum Gasteiger partial charge on any atom is -0.493 e. The highest BCUT2D eigenvalue weighted by molar-refractivity contribution is 5.80. The lowest BCUT2D eigenvalue weighted by molar-refractivity contribution is -0.182. The molecule has 24 heavy (non-hydrogen) atoms. The molecule has 6 heteroatoms. The van der Waals surface area contributed by atoms with Crippen molar-refractivity contribution in [2.75, 3.05) is 20.3 Å². The van der Waals surface area contributed by atoms with Gasteiger partial charge in [-0.1, -0.05) is 32.0 Å². The number of fused-ring (bicyclic) bond motifs is 3. The number of hydroxylamine groups is 2. The molecule has 130 valence electrons. The summed E-state index contributed by atoms with van der Waals surface area (Å²) in [5.74, 6) is -0.116. The molecule has 6 nitrogen and oxygen atoms in total. The van der Waals surface area contributed by atoms with Crippen molar-refractivity contribution in [3.05, 3.63) is 29.8 Å². The smallest absolute Gasteiger partial charge is 0.308 e. The molecule has 1 aromatic carbocycles. The number of hydrogen-bond acceptors (Lipinski definition) is 5. The quantitative estimate of drug-likeness (QED) is 0.791. The molecule has 4 atom stereocenters. The van der Waals surface area contributed by atoms with Crippen LogP contribution >= 0.6 is 0 Å². The summed E-state index contributed by atoms with van der Waals surface area (Å²) in [5, 5.41) is 1.49. The second kappa shape index (κ2) is 6.81. The van der Waals surface area contributed by atoms with E-state index in [4.69, 9.17) is 14.3 Å². The number of esters is 1. The van der Waals surface area contributed by atoms with E-state index in [1.54, 1.807) is 6.92 Å². The van der Waals surface area contributed by atoms with Crippen molar-refractivity contribution < 1.29 is 23.9 Å². The van der Waals surface area contributed by atoms with Crippen LogP contribution in [0.1, 0.15) is 31.9 Å². The van der Waals surface area contributed by atoms with Crippen LogP contribution in [0.3, 0.4) is 0 Å². The van der Waals surface area contributed by atoms with Crippen molar-refractivity contribution in [1.29, 1.82) is 0 Å². The second-order valence-electron chi connectivity index (χ2n) is 6.57. The van der Waals surface area contributed by atoms with Gasteiger partial charge in [0.2, 0.25) is 5.91 Å². The first kappa shape index (κ1) is 16.8. The van der Waals surface area contributed by atoms with Crippen molar-refractivity contribution in [3.63, 3.8) is 0 Å². The molecule has 0 unspecified atom stereocenters. The van der Waals surface area contributed by atoms with Gasteiger partial charge in [0, 0.05) is 17.4 Å². The molecule has 0 aliphatic carbocycles. The van der Waals surface area contributed by atoms with Crippen molar-refractivity contribution in [3.8, 4) is 5.75 Å². The van der Waals surface area contributed by atoms with Crippen LogP contribution < -0.4 is 4.74 Å². The minimum absolute atomic E-state index is 0.102. The van der Waals surface area contributed by atoms with Gasteiger partial charge in [-0.3, -0.25) is 14.4 Å². The first-order chi connectivity index (χ1) is 11.5. The fourth-order valence-corrected chi connectivity index (χ4v) is 3.46. The Morgan fingerprint density at radius 3 is 2.75 bits per heavy atom. The van der Waals surface area contributed by atoms with Crippen LogP contribution in [-0.4, -0.2) is 37.3 Å². The van der Waals surface area contributed by atoms with E-state index in [0.29, 0.717) is 19.6 Å². The van der Waals surface area contributed by atoms with Crippen LogP contribution in [0.15, 0.2) is 24.3 Å². The zero-order valence-corrected chi connectivity index (χ0v) is 14.2. The largest absolute Gasteiger partial charge is 0.493 e. The van der Waals surface area contributed by atoms with E-state index >= 15 is 0 Å². The summed E-state index contributed by atoms with van der Waals surface area (Å²) >= 11 is 0. The first-order valence-electron chi connectivity index (χ1n) is 8.28. The Kier molecular flexibility index (Phi) is 4.76. The molecule has 1 aromatic rings. The first-order valence-corrected chi connectivity index (χ1v) is 8.28. The number of hydrogen-bond donors (Lipinski definition) is 0. The van der Waals surface area contributed by atoms with Crippen molar-refractivity contribution in [2.24, 2.45) is 17.8 Å². The number of para-hydroxylation sites is 1. The molecule has 0 spiro atoms. The number of rotatable bonds is 4. The Labute approximate surface area is 141 Å². The predicted octanol–water partition coefficient (Wildman–Crippen LogP) is 2.35. The average molecular weight is 333 g/mol. The van der Waals surface area contributed by atoms with Gasteiger partial charge in [-0.05, 0) is 12.5 Å². The van der Waals surface area contributed by atoms with Gasteiger partial charge >= 0.3 is 5.97 Å². The van der Waals surface area contributed by atoms with Crippen LogP contribution in [0.4, 0.5) is 0 Å². The summed E-state index contributed by atoms with van der Waals surface area (Å²) in [7, 11) is 1.36. The maximum Gasteiger partial charge on any atom is 0.308 e. The topological polar surface area (TPSA) is 65.1 Å². The fraction of sp³-hybridized carbons (Fsp3) is 0.556. The van der Waals surface area contributed by atoms with E-state index in [0.717, 1.165) is 11.3 Å². The van der Waals surface area contributed by atoms with Gasteiger partial charge in [0.25, 0.3) is 0 Å². The summed E-state index contributed by atoms with van der Waals surface area (Å²) < 4.78 is 10.5. The maximum absolute atomic E-state index is 12.9. The van der Waals surface area contributed by atoms with Crippen molar-refractivity contribution in [2.45, 2.75) is 26.3 Å². The molecule has 1 saturated heterocycles. The molecule has 0 N–H and O–H groups in total. The Bertz CT molecular complexity index is 632. The zero-order valence-electron chi connectivity index (χ0n) is 14.2. The second-order valence-corrected chi connectivity index (χ2v) is 6.57. The zero-order chi connectivity index (χ0) is 17.3. The van der Waals surface area contributed by atoms with Gasteiger partial charge in [-0.2, -0.15) is 0 Å². The maximum atomic E-state index is 12.9. The fourth-order valence-electron chi connectivity index (χ4n) is 3.46. The molecule has 0 bridgehead atoms. The highest BCUT2D eigenvalue weighted by atomic mass is 16.7. The third-order valence-corrected chi connectivity index (χ3v) is 4.77. The van der Waals surface area contributed by atoms with Crippen molar-refractivity contribution in [1.82, 2.24) is 5.06 Å². The van der Waals surface area contributed by atoms with E-state index in [-0.39, 0.29) is 35.7 Å². The number of amides is 1. The third kappa shape index (κ3) is 2.98. The molecule has 2 aliphatic heterocycles. The number of ether oxygens (including phenoxy) is 2. The van der Waals surface area contributed by atoms with Gasteiger partial charge in [0.1, 0.15) is 5.75 Å². The highest BCUT2D eigenvalue weighted by Crippen LogP contribution is 2.43. The van der Waals surface area contributed by atoms with Gasteiger partial charge in [0.15, 0.2) is 0 Å². The molecule has 0 aromatic heterocycles. The monoisotopic (exact) mass is 333 g/mol. The predicted molar refractivity (Wildman–Crippen MR) is 85.9 cm³/mol. The SMILES string of the molecule is COC(=O)[C@H](C)C[C@H](C)C(=O)N1OC[C@H]2COc3ccccc3[C@H]21. The van der Waals surface area contributed by atoms with E-state index in [2.05, 4.69) is 0 Å². The summed E-state index contributed by atoms with van der Waals surface area (Å²) in [4.78, 5) is 30.1. The van der Waals surface area contributed by atoms with Gasteiger partial charge in [0.05, 0.1) is 32.3 Å². The van der Waals surface area contributed by atoms with Crippen molar-refractivity contribution >= 4 is 11.9 Å². The molecule has 0 saturated carbocycles. The molecule has 2 heterocycles. The Balaban J connectivity index is 1.75. The summed E-state index contributed by atoms with van der Waals surface area (Å²) in [6.45, 7) is 4.60. The van der Waals surface area contributed by atoms with E-state index in [1.807, 2.05) is 31.2 Å². The average Bonchev–Trinajstić information content (AvgIpc) is 3.04. The summed E-state index contributed by atoms with van der Waals surface area (Å²) in [6.07, 6.45) is 0.431. The lowest BCUT2D eigenvalue weighted by Gasteiger charge is -2.32. The third-order valence-electron chi connectivity index (χ3n) is 4.77. The highest BCUT2D eigenvalue weighted by Gasteiger charge is 2.45. The summed E-state index contributed by atoms with van der Waals surface area (Å²) in [6, 6.07) is 7.62. The van der Waals surface area contributed by atoms with Gasteiger partial charge in [-0.15, -0.1) is 0 Å². The normalized spacial score (nSPS) is 24.4. The van der Waals surface area contributed by atoms with Crippen LogP contribution in [0.2, 0.25) is 0 Å². The molecule has 0 radical (unpaired) electrons. The molecule has 1 fully saturated rings. The standard InChI is InChI=1S/C18H23NO5/c1-11(8-12(2)18(21)22-3)17(20)19-16-13(10-24-19)9-23-15-7-5-4-6-14(15)16/h4-7,11-13,16H,8-10H2,1-3H3/t11-,12+,13+,16-/m0/s1. The van der Waals surface area contributed by atoms with Gasteiger partial charge < -0.3 is 9.47 Å². The van der Waals surface area contributed by atoms with Crippen LogP contribution in [-0.2, 0) is 19.2 Å². The molecule has 3 rings (SSSR count). The number of methoxy groups -OCH3 is 1. The van der Waals surface area contributed by atoms with E-state index < -0.39 is 0 Å². The molecule has 1 amide bonds. The van der Waals surface area contributed by atoms with E-state index in [1.165, 1.54) is 12.2 Å². The number of benzene rings is 1. The molecular weight excluding hydrogens is 310 g/mol. The number of carbonyl (C=O) groups is 2. The Hall–Kier alpha value is -2.08. The Morgan fingerprint density at radius 2 is 2.00 bits per heavy atom. The Morgan fingerprint density at radius 1 is 1.25 bits per heavy atom. The number of nitrogens with zero attached hydrogens (tertiary/aromatic N) is 1. The lowest BCUT2D eigenvalue weighted by atomic mass is 9.90.